The lowest BCUT2D eigenvalue weighted by Crippen LogP contribution is -2.03. The lowest BCUT2D eigenvalue weighted by atomic mass is 10.2. The Labute approximate surface area is 132 Å². The fourth-order valence-corrected chi connectivity index (χ4v) is 2.23. The van der Waals surface area contributed by atoms with Gasteiger partial charge in [-0.1, -0.05) is 41.9 Å². The Bertz CT molecular complexity index is 788. The summed E-state index contributed by atoms with van der Waals surface area (Å²) in [6, 6.07) is 15.1. The monoisotopic (exact) mass is 315 g/mol. The van der Waals surface area contributed by atoms with E-state index in [2.05, 4.69) is 10.1 Å². The van der Waals surface area contributed by atoms with E-state index in [1.165, 1.54) is 4.68 Å². The summed E-state index contributed by atoms with van der Waals surface area (Å²) in [7, 11) is 0. The average molecular weight is 316 g/mol. The van der Waals surface area contributed by atoms with Crippen LogP contribution in [0, 0.1) is 0 Å². The second-order valence-electron chi connectivity index (χ2n) is 4.63. The molecule has 0 saturated carbocycles. The molecular formula is C15H14ClN5O. The minimum absolute atomic E-state index is 0.109. The third-order valence-electron chi connectivity index (χ3n) is 3.05. The highest BCUT2D eigenvalue weighted by atomic mass is 35.5. The van der Waals surface area contributed by atoms with Gasteiger partial charge in [0.2, 0.25) is 11.9 Å². The summed E-state index contributed by atoms with van der Waals surface area (Å²) < 4.78 is 7.13. The van der Waals surface area contributed by atoms with Crippen molar-refractivity contribution >= 4 is 23.5 Å². The van der Waals surface area contributed by atoms with Crippen LogP contribution in [-0.2, 0) is 6.61 Å². The molecule has 0 spiro atoms. The minimum atomic E-state index is 0.109. The van der Waals surface area contributed by atoms with E-state index in [1.54, 1.807) is 18.2 Å². The molecule has 4 N–H and O–H groups in total. The van der Waals surface area contributed by atoms with E-state index in [-0.39, 0.29) is 11.9 Å². The van der Waals surface area contributed by atoms with Gasteiger partial charge in [0.1, 0.15) is 12.4 Å². The highest BCUT2D eigenvalue weighted by Gasteiger charge is 2.09. The van der Waals surface area contributed by atoms with E-state index >= 15 is 0 Å². The number of nitrogen functional groups attached to an aromatic ring is 2. The molecule has 3 aromatic rings. The van der Waals surface area contributed by atoms with Crippen molar-refractivity contribution in [2.75, 3.05) is 11.5 Å². The number of nitrogens with two attached hydrogens (primary N) is 2. The predicted molar refractivity (Wildman–Crippen MR) is 86.0 cm³/mol. The number of anilines is 2. The molecule has 0 unspecified atom stereocenters. The Morgan fingerprint density at radius 1 is 1.09 bits per heavy atom. The summed E-state index contributed by atoms with van der Waals surface area (Å²) in [5, 5.41) is 4.46. The zero-order valence-corrected chi connectivity index (χ0v) is 12.4. The van der Waals surface area contributed by atoms with Crippen LogP contribution in [0.3, 0.4) is 0 Å². The first-order chi connectivity index (χ1) is 10.6. The van der Waals surface area contributed by atoms with Gasteiger partial charge in [0.05, 0.1) is 10.7 Å². The van der Waals surface area contributed by atoms with E-state index < -0.39 is 0 Å². The van der Waals surface area contributed by atoms with Gasteiger partial charge in [-0.05, 0) is 23.8 Å². The number of benzene rings is 2. The van der Waals surface area contributed by atoms with Gasteiger partial charge in [-0.25, -0.2) is 0 Å². The van der Waals surface area contributed by atoms with Crippen molar-refractivity contribution < 1.29 is 4.74 Å². The Morgan fingerprint density at radius 2 is 1.86 bits per heavy atom. The number of ether oxygens (including phenoxy) is 1. The summed E-state index contributed by atoms with van der Waals surface area (Å²) in [4.78, 5) is 3.85. The maximum absolute atomic E-state index is 6.25. The van der Waals surface area contributed by atoms with Crippen molar-refractivity contribution in [3.8, 4) is 11.4 Å². The summed E-state index contributed by atoms with van der Waals surface area (Å²) >= 11 is 6.25. The number of rotatable bonds is 4. The van der Waals surface area contributed by atoms with Crippen molar-refractivity contribution in [1.29, 1.82) is 0 Å². The molecule has 0 aliphatic heterocycles. The summed E-state index contributed by atoms with van der Waals surface area (Å²) in [5.74, 6) is 0.894. The normalized spacial score (nSPS) is 10.6. The third kappa shape index (κ3) is 2.96. The maximum atomic E-state index is 6.25. The summed E-state index contributed by atoms with van der Waals surface area (Å²) in [6.07, 6.45) is 0. The van der Waals surface area contributed by atoms with Crippen LogP contribution in [0.15, 0.2) is 48.5 Å². The van der Waals surface area contributed by atoms with Crippen LogP contribution in [0.5, 0.6) is 5.75 Å². The fourth-order valence-electron chi connectivity index (χ4n) is 2.00. The van der Waals surface area contributed by atoms with Crippen LogP contribution in [0.2, 0.25) is 5.02 Å². The molecule has 22 heavy (non-hydrogen) atoms. The second kappa shape index (κ2) is 5.95. The lowest BCUT2D eigenvalue weighted by molar-refractivity contribution is 0.306. The number of hydrogen-bond acceptors (Lipinski definition) is 5. The number of aromatic nitrogens is 3. The standard InChI is InChI=1S/C15H14ClN5O/c16-12-8-11(21-15(18)19-14(17)20-21)6-7-13(12)22-9-10-4-2-1-3-5-10/h1-8H,9H2,(H4,17,18,19,20). The van der Waals surface area contributed by atoms with Gasteiger partial charge in [-0.3, -0.25) is 0 Å². The SMILES string of the molecule is Nc1nc(N)n(-c2ccc(OCc3ccccc3)c(Cl)c2)n1. The molecular weight excluding hydrogens is 302 g/mol. The molecule has 0 aliphatic carbocycles. The predicted octanol–water partition coefficient (Wildman–Crippen LogP) is 2.66. The molecule has 0 aliphatic rings. The van der Waals surface area contributed by atoms with Crippen LogP contribution in [0.4, 0.5) is 11.9 Å². The van der Waals surface area contributed by atoms with Crippen LogP contribution >= 0.6 is 11.6 Å². The average Bonchev–Trinajstić information content (AvgIpc) is 2.86. The Morgan fingerprint density at radius 3 is 2.50 bits per heavy atom. The topological polar surface area (TPSA) is 92.0 Å². The molecule has 0 atom stereocenters. The van der Waals surface area contributed by atoms with E-state index in [9.17, 15) is 0 Å². The van der Waals surface area contributed by atoms with Crippen LogP contribution < -0.4 is 16.2 Å². The molecule has 1 heterocycles. The summed E-state index contributed by atoms with van der Waals surface area (Å²) in [5.41, 5.74) is 13.0. The van der Waals surface area contributed by atoms with Gasteiger partial charge in [0.15, 0.2) is 0 Å². The molecule has 0 radical (unpaired) electrons. The van der Waals surface area contributed by atoms with Crippen LogP contribution in [0.1, 0.15) is 5.56 Å². The van der Waals surface area contributed by atoms with Gasteiger partial charge in [-0.2, -0.15) is 9.67 Å². The zero-order chi connectivity index (χ0) is 15.5. The lowest BCUT2D eigenvalue weighted by Gasteiger charge is -2.10. The van der Waals surface area contributed by atoms with Crippen molar-refractivity contribution in [2.45, 2.75) is 6.61 Å². The molecule has 1 aromatic heterocycles. The number of hydrogen-bond donors (Lipinski definition) is 2. The van der Waals surface area contributed by atoms with E-state index in [1.807, 2.05) is 30.3 Å². The Balaban J connectivity index is 1.79. The highest BCUT2D eigenvalue weighted by molar-refractivity contribution is 6.32. The molecule has 112 valence electrons. The van der Waals surface area contributed by atoms with Gasteiger partial charge >= 0.3 is 0 Å². The van der Waals surface area contributed by atoms with Gasteiger partial charge in [0, 0.05) is 0 Å². The molecule has 0 fully saturated rings. The smallest absolute Gasteiger partial charge is 0.241 e. The van der Waals surface area contributed by atoms with E-state index in [0.717, 1.165) is 5.56 Å². The molecule has 0 amide bonds. The molecule has 2 aromatic carbocycles. The van der Waals surface area contributed by atoms with Gasteiger partial charge < -0.3 is 16.2 Å². The molecule has 0 bridgehead atoms. The second-order valence-corrected chi connectivity index (χ2v) is 5.04. The van der Waals surface area contributed by atoms with E-state index in [4.69, 9.17) is 27.8 Å². The van der Waals surface area contributed by atoms with E-state index in [0.29, 0.717) is 23.1 Å². The van der Waals surface area contributed by atoms with Gasteiger partial charge in [0.25, 0.3) is 0 Å². The van der Waals surface area contributed by atoms with Crippen molar-refractivity contribution in [1.82, 2.24) is 14.8 Å². The van der Waals surface area contributed by atoms with Crippen molar-refractivity contribution in [3.63, 3.8) is 0 Å². The number of halogens is 1. The number of nitrogens with zero attached hydrogens (tertiary/aromatic N) is 3. The fraction of sp³-hybridized carbons (Fsp3) is 0.0667. The van der Waals surface area contributed by atoms with Gasteiger partial charge in [-0.15, -0.1) is 5.10 Å². The molecule has 7 heteroatoms. The largest absolute Gasteiger partial charge is 0.487 e. The first-order valence-corrected chi connectivity index (χ1v) is 6.96. The highest BCUT2D eigenvalue weighted by Crippen LogP contribution is 2.28. The van der Waals surface area contributed by atoms with Crippen LogP contribution in [-0.4, -0.2) is 14.8 Å². The molecule has 3 rings (SSSR count). The van der Waals surface area contributed by atoms with Crippen molar-refractivity contribution in [2.24, 2.45) is 0 Å². The Kier molecular flexibility index (Phi) is 3.84. The van der Waals surface area contributed by atoms with Crippen LogP contribution in [0.25, 0.3) is 5.69 Å². The quantitative estimate of drug-likeness (QED) is 0.772. The zero-order valence-electron chi connectivity index (χ0n) is 11.6. The third-order valence-corrected chi connectivity index (χ3v) is 3.34. The first kappa shape index (κ1) is 14.2. The minimum Gasteiger partial charge on any atom is -0.487 e. The summed E-state index contributed by atoms with van der Waals surface area (Å²) in [6.45, 7) is 0.443. The maximum Gasteiger partial charge on any atom is 0.241 e. The molecule has 6 nitrogen and oxygen atoms in total. The Hall–Kier alpha value is -2.73. The van der Waals surface area contributed by atoms with Crippen molar-refractivity contribution in [3.05, 3.63) is 59.1 Å². The molecule has 0 saturated heterocycles. The first-order valence-electron chi connectivity index (χ1n) is 6.58.